The van der Waals surface area contributed by atoms with E-state index in [0.717, 1.165) is 25.7 Å². The Morgan fingerprint density at radius 2 is 1.95 bits per heavy atom. The number of ether oxygens (including phenoxy) is 1. The number of urea groups is 1. The molecular formula is C15H18N2O3. The predicted molar refractivity (Wildman–Crippen MR) is 71.8 cm³/mol. The van der Waals surface area contributed by atoms with Crippen LogP contribution in [0.5, 0.6) is 0 Å². The van der Waals surface area contributed by atoms with Gasteiger partial charge >= 0.3 is 6.03 Å². The van der Waals surface area contributed by atoms with E-state index in [9.17, 15) is 9.59 Å². The van der Waals surface area contributed by atoms with Gasteiger partial charge in [-0.15, -0.1) is 0 Å². The van der Waals surface area contributed by atoms with Crippen molar-refractivity contribution in [2.45, 2.75) is 43.4 Å². The van der Waals surface area contributed by atoms with Crippen molar-refractivity contribution in [3.63, 3.8) is 0 Å². The van der Waals surface area contributed by atoms with E-state index in [-0.39, 0.29) is 36.0 Å². The van der Waals surface area contributed by atoms with Crippen LogP contribution < -0.4 is 10.6 Å². The van der Waals surface area contributed by atoms with Gasteiger partial charge in [-0.2, -0.15) is 0 Å². The Kier molecular flexibility index (Phi) is 2.54. The number of carbonyl (C=O) groups excluding carboxylic acids is 2. The smallest absolute Gasteiger partial charge is 0.322 e. The Morgan fingerprint density at radius 3 is 2.75 bits per heavy atom. The molecule has 1 saturated carbocycles. The normalized spacial score (nSPS) is 45.8. The molecule has 1 spiro atoms. The van der Waals surface area contributed by atoms with Crippen molar-refractivity contribution in [3.8, 4) is 0 Å². The zero-order chi connectivity index (χ0) is 13.7. The molecule has 2 saturated heterocycles. The maximum Gasteiger partial charge on any atom is 0.322 e. The first-order chi connectivity index (χ1) is 9.72. The number of carbonyl (C=O) groups is 2. The number of hydrogen-bond acceptors (Lipinski definition) is 3. The van der Waals surface area contributed by atoms with Gasteiger partial charge in [-0.1, -0.05) is 37.1 Å². The van der Waals surface area contributed by atoms with Crippen molar-refractivity contribution in [1.29, 1.82) is 0 Å². The van der Waals surface area contributed by atoms with E-state index in [1.165, 1.54) is 0 Å². The minimum Gasteiger partial charge on any atom is -0.370 e. The second kappa shape index (κ2) is 4.19. The van der Waals surface area contributed by atoms with Gasteiger partial charge in [0, 0.05) is 11.8 Å². The molecule has 0 aromatic rings. The van der Waals surface area contributed by atoms with Gasteiger partial charge in [0.25, 0.3) is 5.91 Å². The lowest BCUT2D eigenvalue weighted by molar-refractivity contribution is -0.161. The molecule has 2 aliphatic carbocycles. The third-order valence-corrected chi connectivity index (χ3v) is 5.15. The van der Waals surface area contributed by atoms with Gasteiger partial charge in [-0.3, -0.25) is 10.1 Å². The molecule has 106 valence electrons. The molecule has 2 aliphatic heterocycles. The van der Waals surface area contributed by atoms with E-state index < -0.39 is 5.54 Å². The third-order valence-electron chi connectivity index (χ3n) is 5.15. The number of rotatable bonds is 0. The largest absolute Gasteiger partial charge is 0.370 e. The predicted octanol–water partition coefficient (Wildman–Crippen LogP) is 1.26. The summed E-state index contributed by atoms with van der Waals surface area (Å²) in [6.45, 7) is 0. The van der Waals surface area contributed by atoms with Crippen LogP contribution in [0.1, 0.15) is 25.7 Å². The molecule has 5 heteroatoms. The zero-order valence-corrected chi connectivity index (χ0v) is 11.2. The summed E-state index contributed by atoms with van der Waals surface area (Å²) in [5.74, 6) is -0.226. The lowest BCUT2D eigenvalue weighted by Crippen LogP contribution is -2.68. The van der Waals surface area contributed by atoms with E-state index in [0.29, 0.717) is 0 Å². The van der Waals surface area contributed by atoms with Crippen molar-refractivity contribution < 1.29 is 14.3 Å². The first-order valence-corrected chi connectivity index (χ1v) is 7.36. The molecule has 2 N–H and O–H groups in total. The number of amides is 3. The van der Waals surface area contributed by atoms with Crippen LogP contribution in [0, 0.1) is 11.8 Å². The van der Waals surface area contributed by atoms with Crippen molar-refractivity contribution in [2.75, 3.05) is 0 Å². The molecule has 0 bridgehead atoms. The lowest BCUT2D eigenvalue weighted by Gasteiger charge is -2.52. The highest BCUT2D eigenvalue weighted by molar-refractivity contribution is 6.07. The summed E-state index contributed by atoms with van der Waals surface area (Å²) in [4.78, 5) is 24.3. The van der Waals surface area contributed by atoms with Crippen LogP contribution in [0.4, 0.5) is 4.79 Å². The van der Waals surface area contributed by atoms with Gasteiger partial charge in [0.05, 0.1) is 12.2 Å². The highest BCUT2D eigenvalue weighted by Gasteiger charge is 2.63. The van der Waals surface area contributed by atoms with Crippen molar-refractivity contribution in [2.24, 2.45) is 11.8 Å². The van der Waals surface area contributed by atoms with Crippen molar-refractivity contribution in [3.05, 3.63) is 24.3 Å². The summed E-state index contributed by atoms with van der Waals surface area (Å²) in [7, 11) is 0. The van der Waals surface area contributed by atoms with Gasteiger partial charge in [0.2, 0.25) is 0 Å². The van der Waals surface area contributed by atoms with Crippen LogP contribution in [0.2, 0.25) is 0 Å². The van der Waals surface area contributed by atoms with E-state index >= 15 is 0 Å². The fourth-order valence-corrected chi connectivity index (χ4v) is 4.34. The first-order valence-electron chi connectivity index (χ1n) is 7.36. The van der Waals surface area contributed by atoms with Crippen LogP contribution in [-0.2, 0) is 9.53 Å². The fraction of sp³-hybridized carbons (Fsp3) is 0.600. The quantitative estimate of drug-likeness (QED) is 0.654. The Morgan fingerprint density at radius 1 is 1.15 bits per heavy atom. The Hall–Kier alpha value is -1.62. The molecule has 5 unspecified atom stereocenters. The number of imide groups is 1. The van der Waals surface area contributed by atoms with Gasteiger partial charge < -0.3 is 10.1 Å². The molecule has 4 rings (SSSR count). The second-order valence-corrected chi connectivity index (χ2v) is 6.10. The molecule has 3 amide bonds. The SMILES string of the molecule is O=C1NC(=O)C2(N1)C1C=CC=CC1OC1CCCCC12. The molecule has 3 fully saturated rings. The van der Waals surface area contributed by atoms with Crippen LogP contribution in [0.15, 0.2) is 24.3 Å². The number of hydrogen-bond donors (Lipinski definition) is 2. The molecule has 5 nitrogen and oxygen atoms in total. The second-order valence-electron chi connectivity index (χ2n) is 6.10. The van der Waals surface area contributed by atoms with Crippen LogP contribution in [0.25, 0.3) is 0 Å². The number of fused-ring (bicyclic) bond motifs is 4. The number of allylic oxidation sites excluding steroid dienone is 2. The highest BCUT2D eigenvalue weighted by Crippen LogP contribution is 2.48. The average Bonchev–Trinajstić information content (AvgIpc) is 2.75. The lowest BCUT2D eigenvalue weighted by atomic mass is 9.62. The van der Waals surface area contributed by atoms with Crippen molar-refractivity contribution in [1.82, 2.24) is 10.6 Å². The fourth-order valence-electron chi connectivity index (χ4n) is 4.34. The standard InChI is InChI=1S/C15H18N2O3/c18-13-15(17-14(19)16-13)9-5-1-3-7-11(9)20-12-8-4-2-6-10(12)15/h1,3,5,7,9-12H,2,4,6,8H2,(H2,16,17,18,19). The molecule has 0 aromatic heterocycles. The van der Waals surface area contributed by atoms with E-state index in [1.54, 1.807) is 0 Å². The topological polar surface area (TPSA) is 67.4 Å². The maximum atomic E-state index is 12.6. The van der Waals surface area contributed by atoms with Gasteiger partial charge in [0.1, 0.15) is 5.54 Å². The van der Waals surface area contributed by atoms with Crippen LogP contribution in [0.3, 0.4) is 0 Å². The average molecular weight is 274 g/mol. The number of nitrogens with one attached hydrogen (secondary N) is 2. The molecule has 0 aromatic carbocycles. The molecule has 20 heavy (non-hydrogen) atoms. The van der Waals surface area contributed by atoms with Gasteiger partial charge in [-0.05, 0) is 12.8 Å². The summed E-state index contributed by atoms with van der Waals surface area (Å²) in [6, 6.07) is -0.372. The van der Waals surface area contributed by atoms with E-state index in [1.807, 2.05) is 24.3 Å². The molecule has 4 aliphatic rings. The molecule has 2 heterocycles. The Balaban J connectivity index is 1.81. The first kappa shape index (κ1) is 12.1. The third kappa shape index (κ3) is 1.47. The molecule has 5 atom stereocenters. The van der Waals surface area contributed by atoms with Crippen molar-refractivity contribution >= 4 is 11.9 Å². The summed E-state index contributed by atoms with van der Waals surface area (Å²) in [6.07, 6.45) is 11.9. The summed E-state index contributed by atoms with van der Waals surface area (Å²) in [5.41, 5.74) is -0.827. The van der Waals surface area contributed by atoms with E-state index in [4.69, 9.17) is 4.74 Å². The maximum absolute atomic E-state index is 12.6. The summed E-state index contributed by atoms with van der Waals surface area (Å²) < 4.78 is 6.20. The zero-order valence-electron chi connectivity index (χ0n) is 11.2. The van der Waals surface area contributed by atoms with Crippen LogP contribution >= 0.6 is 0 Å². The molecule has 0 radical (unpaired) electrons. The Labute approximate surface area is 117 Å². The minimum atomic E-state index is -0.827. The summed E-state index contributed by atoms with van der Waals surface area (Å²) >= 11 is 0. The Bertz CT molecular complexity index is 527. The van der Waals surface area contributed by atoms with Gasteiger partial charge in [0.15, 0.2) is 0 Å². The monoisotopic (exact) mass is 274 g/mol. The van der Waals surface area contributed by atoms with E-state index in [2.05, 4.69) is 10.6 Å². The van der Waals surface area contributed by atoms with Gasteiger partial charge in [-0.25, -0.2) is 4.79 Å². The highest BCUT2D eigenvalue weighted by atomic mass is 16.5. The summed E-state index contributed by atoms with van der Waals surface area (Å²) in [5, 5.41) is 5.39. The van der Waals surface area contributed by atoms with Crippen LogP contribution in [-0.4, -0.2) is 29.7 Å². The molecular weight excluding hydrogens is 256 g/mol. The minimum absolute atomic E-state index is 0.0605.